The Hall–Kier alpha value is -0.830. The maximum atomic E-state index is 6.14. The van der Waals surface area contributed by atoms with E-state index >= 15 is 0 Å². The number of thiophene rings is 1. The second-order valence-electron chi connectivity index (χ2n) is 5.21. The summed E-state index contributed by atoms with van der Waals surface area (Å²) < 4.78 is 0. The molecular weight excluding hydrogens is 274 g/mol. The van der Waals surface area contributed by atoms with Gasteiger partial charge in [-0.15, -0.1) is 11.3 Å². The summed E-state index contributed by atoms with van der Waals surface area (Å²) in [7, 11) is 0. The van der Waals surface area contributed by atoms with Gasteiger partial charge in [0.2, 0.25) is 0 Å². The van der Waals surface area contributed by atoms with E-state index in [0.717, 1.165) is 18.1 Å². The number of hydrogen-bond donors (Lipinski definition) is 1. The van der Waals surface area contributed by atoms with Crippen LogP contribution < -0.4 is 5.32 Å². The van der Waals surface area contributed by atoms with E-state index in [0.29, 0.717) is 11.8 Å². The van der Waals surface area contributed by atoms with E-state index in [1.807, 2.05) is 17.4 Å². The van der Waals surface area contributed by atoms with Crippen LogP contribution in [0.25, 0.3) is 0 Å². The summed E-state index contributed by atoms with van der Waals surface area (Å²) in [6.45, 7) is 4.34. The lowest BCUT2D eigenvalue weighted by atomic mass is 9.80. The molecule has 1 N–H and O–H groups in total. The Labute approximate surface area is 123 Å². The number of aryl methyl sites for hydroxylation is 1. The molecular formula is C16H18ClNS. The maximum Gasteiger partial charge on any atom is 0.0408 e. The minimum Gasteiger partial charge on any atom is -0.316 e. The molecule has 1 aromatic heterocycles. The summed E-state index contributed by atoms with van der Waals surface area (Å²) in [6.07, 6.45) is 1.21. The van der Waals surface area contributed by atoms with E-state index in [1.165, 1.54) is 21.7 Å². The molecule has 2 unspecified atom stereocenters. The van der Waals surface area contributed by atoms with Crippen LogP contribution in [0.15, 0.2) is 36.4 Å². The van der Waals surface area contributed by atoms with E-state index in [4.69, 9.17) is 11.6 Å². The normalized spacial score (nSPS) is 23.5. The van der Waals surface area contributed by atoms with Crippen molar-refractivity contribution in [2.75, 3.05) is 13.1 Å². The molecule has 1 nitrogen and oxygen atoms in total. The van der Waals surface area contributed by atoms with Crippen LogP contribution in [0, 0.1) is 6.92 Å². The average Bonchev–Trinajstić information content (AvgIpc) is 2.85. The van der Waals surface area contributed by atoms with E-state index in [2.05, 4.69) is 42.6 Å². The molecule has 1 aromatic carbocycles. The molecule has 2 atom stereocenters. The van der Waals surface area contributed by atoms with Crippen LogP contribution in [-0.4, -0.2) is 13.1 Å². The smallest absolute Gasteiger partial charge is 0.0408 e. The third-order valence-electron chi connectivity index (χ3n) is 3.89. The van der Waals surface area contributed by atoms with Crippen molar-refractivity contribution < 1.29 is 0 Å². The molecule has 0 aliphatic carbocycles. The first-order valence-electron chi connectivity index (χ1n) is 6.76. The molecule has 1 aliphatic heterocycles. The van der Waals surface area contributed by atoms with Crippen molar-refractivity contribution in [3.05, 3.63) is 56.7 Å². The molecule has 3 heteroatoms. The molecule has 1 aliphatic rings. The van der Waals surface area contributed by atoms with Gasteiger partial charge in [0, 0.05) is 33.2 Å². The van der Waals surface area contributed by atoms with Crippen LogP contribution in [0.1, 0.15) is 33.6 Å². The van der Waals surface area contributed by atoms with Crippen LogP contribution in [0.3, 0.4) is 0 Å². The van der Waals surface area contributed by atoms with Crippen LogP contribution in [0.4, 0.5) is 0 Å². The van der Waals surface area contributed by atoms with Gasteiger partial charge in [0.05, 0.1) is 0 Å². The third-order valence-corrected chi connectivity index (χ3v) is 5.25. The van der Waals surface area contributed by atoms with Gasteiger partial charge in [-0.1, -0.05) is 23.7 Å². The van der Waals surface area contributed by atoms with Gasteiger partial charge in [0.1, 0.15) is 0 Å². The van der Waals surface area contributed by atoms with Gasteiger partial charge in [0.15, 0.2) is 0 Å². The Morgan fingerprint density at radius 3 is 2.84 bits per heavy atom. The first-order chi connectivity index (χ1) is 9.24. The number of nitrogens with one attached hydrogen (secondary N) is 1. The van der Waals surface area contributed by atoms with E-state index in [1.54, 1.807) is 0 Å². The highest BCUT2D eigenvalue weighted by Crippen LogP contribution is 2.40. The lowest BCUT2D eigenvalue weighted by Crippen LogP contribution is -2.33. The first-order valence-corrected chi connectivity index (χ1v) is 7.96. The van der Waals surface area contributed by atoms with Gasteiger partial charge in [-0.25, -0.2) is 0 Å². The highest BCUT2D eigenvalue weighted by Gasteiger charge is 2.28. The first kappa shape index (κ1) is 13.2. The minimum absolute atomic E-state index is 0.533. The summed E-state index contributed by atoms with van der Waals surface area (Å²) in [5.41, 5.74) is 1.36. The molecule has 3 rings (SSSR count). The van der Waals surface area contributed by atoms with E-state index in [9.17, 15) is 0 Å². The molecule has 0 bridgehead atoms. The van der Waals surface area contributed by atoms with Crippen LogP contribution in [-0.2, 0) is 0 Å². The molecule has 0 spiro atoms. The second kappa shape index (κ2) is 5.66. The van der Waals surface area contributed by atoms with Crippen molar-refractivity contribution in [1.82, 2.24) is 5.32 Å². The average molecular weight is 292 g/mol. The number of hydrogen-bond acceptors (Lipinski definition) is 2. The van der Waals surface area contributed by atoms with Crippen molar-refractivity contribution in [1.29, 1.82) is 0 Å². The zero-order chi connectivity index (χ0) is 13.2. The number of benzene rings is 1. The van der Waals surface area contributed by atoms with Gasteiger partial charge in [-0.3, -0.25) is 0 Å². The van der Waals surface area contributed by atoms with Gasteiger partial charge < -0.3 is 5.32 Å². The Morgan fingerprint density at radius 2 is 2.11 bits per heavy atom. The SMILES string of the molecule is Cc1ccc(C2CCNCC2c2cccc(Cl)c2)s1. The lowest BCUT2D eigenvalue weighted by Gasteiger charge is -2.32. The van der Waals surface area contributed by atoms with Gasteiger partial charge in [-0.2, -0.15) is 0 Å². The minimum atomic E-state index is 0.533. The molecule has 0 radical (unpaired) electrons. The Bertz CT molecular complexity index is 563. The molecule has 1 fully saturated rings. The predicted molar refractivity (Wildman–Crippen MR) is 83.5 cm³/mol. The van der Waals surface area contributed by atoms with Gasteiger partial charge >= 0.3 is 0 Å². The van der Waals surface area contributed by atoms with Crippen molar-refractivity contribution >= 4 is 22.9 Å². The molecule has 2 aromatic rings. The van der Waals surface area contributed by atoms with E-state index in [-0.39, 0.29) is 0 Å². The molecule has 100 valence electrons. The molecule has 0 amide bonds. The van der Waals surface area contributed by atoms with Crippen molar-refractivity contribution in [2.45, 2.75) is 25.2 Å². The molecule has 1 saturated heterocycles. The summed E-state index contributed by atoms with van der Waals surface area (Å²) in [5, 5.41) is 4.36. The lowest BCUT2D eigenvalue weighted by molar-refractivity contribution is 0.408. The number of piperidine rings is 1. The second-order valence-corrected chi connectivity index (χ2v) is 6.97. The fourth-order valence-corrected chi connectivity index (χ4v) is 4.22. The van der Waals surface area contributed by atoms with Gasteiger partial charge in [-0.05, 0) is 49.7 Å². The summed E-state index contributed by atoms with van der Waals surface area (Å²) in [4.78, 5) is 2.92. The standard InChI is InChI=1S/C16H18ClNS/c1-11-5-6-16(19-11)14-7-8-18-10-15(14)12-3-2-4-13(17)9-12/h2-6,9,14-15,18H,7-8,10H2,1H3. The summed E-state index contributed by atoms with van der Waals surface area (Å²) in [5.74, 6) is 1.16. The van der Waals surface area contributed by atoms with Crippen molar-refractivity contribution in [2.24, 2.45) is 0 Å². The predicted octanol–water partition coefficient (Wildman–Crippen LogP) is 4.57. The van der Waals surface area contributed by atoms with Crippen molar-refractivity contribution in [3.63, 3.8) is 0 Å². The Morgan fingerprint density at radius 1 is 1.21 bits per heavy atom. The van der Waals surface area contributed by atoms with Gasteiger partial charge in [0.25, 0.3) is 0 Å². The largest absolute Gasteiger partial charge is 0.316 e. The maximum absolute atomic E-state index is 6.14. The highest BCUT2D eigenvalue weighted by molar-refractivity contribution is 7.12. The van der Waals surface area contributed by atoms with Crippen LogP contribution in [0.5, 0.6) is 0 Å². The molecule has 19 heavy (non-hydrogen) atoms. The Balaban J connectivity index is 1.93. The molecule has 0 saturated carbocycles. The number of halogens is 1. The van der Waals surface area contributed by atoms with E-state index < -0.39 is 0 Å². The summed E-state index contributed by atoms with van der Waals surface area (Å²) >= 11 is 8.08. The fourth-order valence-electron chi connectivity index (χ4n) is 2.94. The number of rotatable bonds is 2. The fraction of sp³-hybridized carbons (Fsp3) is 0.375. The van der Waals surface area contributed by atoms with Crippen LogP contribution in [0.2, 0.25) is 5.02 Å². The summed E-state index contributed by atoms with van der Waals surface area (Å²) in [6, 6.07) is 12.9. The molecule has 2 heterocycles. The Kier molecular flexibility index (Phi) is 3.92. The zero-order valence-electron chi connectivity index (χ0n) is 11.0. The van der Waals surface area contributed by atoms with Crippen LogP contribution >= 0.6 is 22.9 Å². The zero-order valence-corrected chi connectivity index (χ0v) is 12.6. The monoisotopic (exact) mass is 291 g/mol. The topological polar surface area (TPSA) is 12.0 Å². The van der Waals surface area contributed by atoms with Crippen molar-refractivity contribution in [3.8, 4) is 0 Å². The quantitative estimate of drug-likeness (QED) is 0.854. The highest BCUT2D eigenvalue weighted by atomic mass is 35.5. The third kappa shape index (κ3) is 2.86.